The van der Waals surface area contributed by atoms with Crippen molar-refractivity contribution in [1.29, 1.82) is 0 Å². The molecule has 3 N–H and O–H groups in total. The summed E-state index contributed by atoms with van der Waals surface area (Å²) in [5.41, 5.74) is 5.19. The lowest BCUT2D eigenvalue weighted by molar-refractivity contribution is -0.137. The van der Waals surface area contributed by atoms with Gasteiger partial charge in [0.05, 0.1) is 16.5 Å². The molecule has 10 heteroatoms. The van der Waals surface area contributed by atoms with Gasteiger partial charge in [-0.05, 0) is 36.6 Å². The van der Waals surface area contributed by atoms with Gasteiger partial charge in [0, 0.05) is 17.6 Å². The van der Waals surface area contributed by atoms with Crippen LogP contribution in [0.4, 0.5) is 24.9 Å². The number of alkyl halides is 3. The fourth-order valence-corrected chi connectivity index (χ4v) is 3.71. The Hall–Kier alpha value is -3.59. The Morgan fingerprint density at radius 3 is 2.50 bits per heavy atom. The van der Waals surface area contributed by atoms with Crippen molar-refractivity contribution in [2.75, 3.05) is 11.1 Å². The Bertz CT molecular complexity index is 1360. The number of para-hydroxylation sites is 1. The van der Waals surface area contributed by atoms with Crippen molar-refractivity contribution >= 4 is 34.1 Å². The van der Waals surface area contributed by atoms with Gasteiger partial charge in [-0.2, -0.15) is 18.2 Å². The molecule has 2 aromatic carbocycles. The predicted octanol–water partition coefficient (Wildman–Crippen LogP) is 5.21. The second kappa shape index (κ2) is 8.16. The number of halogens is 4. The minimum atomic E-state index is -4.65. The van der Waals surface area contributed by atoms with Gasteiger partial charge in [0.1, 0.15) is 11.4 Å². The largest absolute Gasteiger partial charge is 0.421 e. The number of hydrogen-bond donors (Lipinski definition) is 2. The highest BCUT2D eigenvalue weighted by molar-refractivity contribution is 6.35. The molecular formula is C22H17ClF3N5O. The van der Waals surface area contributed by atoms with Crippen LogP contribution in [0, 0.1) is 0 Å². The van der Waals surface area contributed by atoms with Crippen molar-refractivity contribution in [2.24, 2.45) is 0 Å². The molecule has 0 aliphatic heterocycles. The second-order valence-electron chi connectivity index (χ2n) is 7.11. The maximum absolute atomic E-state index is 13.4. The molecule has 0 saturated heterocycles. The summed E-state index contributed by atoms with van der Waals surface area (Å²) < 4.78 is 40.3. The summed E-state index contributed by atoms with van der Waals surface area (Å²) in [5.74, 6) is -0.783. The fraction of sp³-hybridized carbons (Fsp3) is 0.136. The third-order valence-electron chi connectivity index (χ3n) is 4.95. The molecule has 1 atom stereocenters. The summed E-state index contributed by atoms with van der Waals surface area (Å²) in [6.07, 6.45) is -4.03. The fourth-order valence-electron chi connectivity index (χ4n) is 3.45. The third-order valence-corrected chi connectivity index (χ3v) is 5.27. The van der Waals surface area contributed by atoms with E-state index in [2.05, 4.69) is 15.3 Å². The maximum Gasteiger partial charge on any atom is 0.421 e. The lowest BCUT2D eigenvalue weighted by Crippen LogP contribution is -2.26. The number of hydrogen-bond acceptors (Lipinski definition) is 5. The average Bonchev–Trinajstić information content (AvgIpc) is 2.73. The SMILES string of the molecule is C[C@H](Nc1ncc(C(F)(F)F)c(N)n1)c1cc2cccc(Cl)c2c(=O)n1-c1ccccc1. The van der Waals surface area contributed by atoms with Gasteiger partial charge in [-0.15, -0.1) is 0 Å². The van der Waals surface area contributed by atoms with Crippen molar-refractivity contribution in [1.82, 2.24) is 14.5 Å². The van der Waals surface area contributed by atoms with Crippen LogP contribution in [0.3, 0.4) is 0 Å². The topological polar surface area (TPSA) is 85.8 Å². The van der Waals surface area contributed by atoms with Gasteiger partial charge in [0.25, 0.3) is 5.56 Å². The minimum Gasteiger partial charge on any atom is -0.383 e. The quantitative estimate of drug-likeness (QED) is 0.437. The number of aromatic nitrogens is 3. The van der Waals surface area contributed by atoms with E-state index in [1.54, 1.807) is 55.5 Å². The normalized spacial score (nSPS) is 12.7. The number of anilines is 2. The molecule has 4 aromatic rings. The average molecular weight is 460 g/mol. The molecule has 2 aromatic heterocycles. The Morgan fingerprint density at radius 2 is 1.84 bits per heavy atom. The summed E-state index contributed by atoms with van der Waals surface area (Å²) in [5, 5.41) is 4.25. The van der Waals surface area contributed by atoms with Crippen LogP contribution in [-0.2, 0) is 6.18 Å². The zero-order valence-electron chi connectivity index (χ0n) is 16.7. The molecule has 0 aliphatic rings. The first kappa shape index (κ1) is 21.6. The monoisotopic (exact) mass is 459 g/mol. The van der Waals surface area contributed by atoms with Crippen LogP contribution in [0.5, 0.6) is 0 Å². The lowest BCUT2D eigenvalue weighted by atomic mass is 10.1. The van der Waals surface area contributed by atoms with Gasteiger partial charge >= 0.3 is 6.18 Å². The molecule has 0 aliphatic carbocycles. The standard InChI is InChI=1S/C22H17ClF3N5O/c1-12(29-21-28-11-15(19(27)30-21)22(24,25)26)17-10-13-6-5-9-16(23)18(13)20(32)31(17)14-7-3-2-4-8-14/h2-12H,1H3,(H3,27,28,29,30)/t12-/m0/s1. The summed E-state index contributed by atoms with van der Waals surface area (Å²) in [6, 6.07) is 15.3. The summed E-state index contributed by atoms with van der Waals surface area (Å²) >= 11 is 6.30. The molecule has 0 amide bonds. The molecule has 0 unspecified atom stereocenters. The number of nitrogen functional groups attached to an aromatic ring is 1. The first-order valence-electron chi connectivity index (χ1n) is 9.52. The van der Waals surface area contributed by atoms with Crippen LogP contribution in [0.15, 0.2) is 65.6 Å². The van der Waals surface area contributed by atoms with E-state index in [0.717, 1.165) is 0 Å². The van der Waals surface area contributed by atoms with E-state index >= 15 is 0 Å². The van der Waals surface area contributed by atoms with Crippen LogP contribution in [0.2, 0.25) is 5.02 Å². The van der Waals surface area contributed by atoms with E-state index in [9.17, 15) is 18.0 Å². The molecular weight excluding hydrogens is 443 g/mol. The predicted molar refractivity (Wildman–Crippen MR) is 118 cm³/mol. The molecule has 32 heavy (non-hydrogen) atoms. The lowest BCUT2D eigenvalue weighted by Gasteiger charge is -2.21. The van der Waals surface area contributed by atoms with Gasteiger partial charge in [-0.1, -0.05) is 41.9 Å². The van der Waals surface area contributed by atoms with E-state index in [1.807, 2.05) is 6.07 Å². The number of nitrogens with two attached hydrogens (primary N) is 1. The summed E-state index contributed by atoms with van der Waals surface area (Å²) in [4.78, 5) is 20.9. The minimum absolute atomic E-state index is 0.0961. The maximum atomic E-state index is 13.4. The van der Waals surface area contributed by atoms with E-state index in [4.69, 9.17) is 17.3 Å². The smallest absolute Gasteiger partial charge is 0.383 e. The first-order valence-corrected chi connectivity index (χ1v) is 9.90. The molecule has 0 saturated carbocycles. The number of fused-ring (bicyclic) bond motifs is 1. The Balaban J connectivity index is 1.83. The van der Waals surface area contributed by atoms with Gasteiger partial charge < -0.3 is 11.1 Å². The highest BCUT2D eigenvalue weighted by Gasteiger charge is 2.34. The van der Waals surface area contributed by atoms with Gasteiger partial charge in [-0.3, -0.25) is 9.36 Å². The van der Waals surface area contributed by atoms with Crippen molar-refractivity contribution in [3.05, 3.63) is 87.4 Å². The van der Waals surface area contributed by atoms with Crippen molar-refractivity contribution in [3.63, 3.8) is 0 Å². The highest BCUT2D eigenvalue weighted by Crippen LogP contribution is 2.33. The third kappa shape index (κ3) is 3.99. The molecule has 6 nitrogen and oxygen atoms in total. The van der Waals surface area contributed by atoms with Crippen LogP contribution < -0.4 is 16.6 Å². The van der Waals surface area contributed by atoms with Gasteiger partial charge in [0.2, 0.25) is 5.95 Å². The number of pyridine rings is 1. The zero-order chi connectivity index (χ0) is 23.0. The van der Waals surface area contributed by atoms with E-state index in [1.165, 1.54) is 4.57 Å². The number of benzene rings is 2. The number of nitrogens with one attached hydrogen (secondary N) is 1. The Kier molecular flexibility index (Phi) is 5.52. The number of rotatable bonds is 4. The van der Waals surface area contributed by atoms with Crippen molar-refractivity contribution in [2.45, 2.75) is 19.1 Å². The first-order chi connectivity index (χ1) is 15.2. The second-order valence-corrected chi connectivity index (χ2v) is 7.51. The van der Waals surface area contributed by atoms with E-state index in [0.29, 0.717) is 33.4 Å². The van der Waals surface area contributed by atoms with Crippen molar-refractivity contribution in [3.8, 4) is 5.69 Å². The van der Waals surface area contributed by atoms with Gasteiger partial charge in [0.15, 0.2) is 0 Å². The Labute approximate surface area is 185 Å². The number of nitrogens with zero attached hydrogens (tertiary/aromatic N) is 3. The molecule has 0 fully saturated rings. The molecule has 2 heterocycles. The zero-order valence-corrected chi connectivity index (χ0v) is 17.4. The molecule has 164 valence electrons. The van der Waals surface area contributed by atoms with Crippen LogP contribution in [0.25, 0.3) is 16.5 Å². The van der Waals surface area contributed by atoms with Crippen molar-refractivity contribution < 1.29 is 13.2 Å². The van der Waals surface area contributed by atoms with Crippen LogP contribution in [0.1, 0.15) is 24.2 Å². The van der Waals surface area contributed by atoms with E-state index < -0.39 is 23.6 Å². The highest BCUT2D eigenvalue weighted by atomic mass is 35.5. The van der Waals surface area contributed by atoms with Gasteiger partial charge in [-0.25, -0.2) is 4.98 Å². The summed E-state index contributed by atoms with van der Waals surface area (Å²) in [7, 11) is 0. The molecule has 4 rings (SSSR count). The molecule has 0 spiro atoms. The van der Waals surface area contributed by atoms with Crippen LogP contribution >= 0.6 is 11.6 Å². The van der Waals surface area contributed by atoms with E-state index in [-0.39, 0.29) is 11.5 Å². The Morgan fingerprint density at radius 1 is 1.12 bits per heavy atom. The molecule has 0 radical (unpaired) electrons. The molecule has 0 bridgehead atoms. The van der Waals surface area contributed by atoms with Crippen LogP contribution in [-0.4, -0.2) is 14.5 Å². The summed E-state index contributed by atoms with van der Waals surface area (Å²) in [6.45, 7) is 1.74.